The molecule has 1 aliphatic heterocycles. The first kappa shape index (κ1) is 13.5. The van der Waals surface area contributed by atoms with Gasteiger partial charge in [0.25, 0.3) is 0 Å². The fourth-order valence-corrected chi connectivity index (χ4v) is 2.64. The van der Waals surface area contributed by atoms with Crippen molar-refractivity contribution in [1.29, 1.82) is 0 Å². The third-order valence-electron chi connectivity index (χ3n) is 3.70. The minimum Gasteiger partial charge on any atom is -0.456 e. The molecule has 21 heavy (non-hydrogen) atoms. The van der Waals surface area contributed by atoms with Crippen molar-refractivity contribution >= 4 is 11.1 Å². The number of hydrogen-bond acceptors (Lipinski definition) is 2. The average Bonchev–Trinajstić information content (AvgIpc) is 2.63. The molecule has 1 aliphatic rings. The Morgan fingerprint density at radius 1 is 1.00 bits per heavy atom. The number of terminal acetylenes is 1. The highest BCUT2D eigenvalue weighted by Crippen LogP contribution is 2.41. The van der Waals surface area contributed by atoms with Gasteiger partial charge in [0.05, 0.1) is 6.54 Å². The van der Waals surface area contributed by atoms with Crippen molar-refractivity contribution in [3.05, 3.63) is 59.7 Å². The first-order valence-corrected chi connectivity index (χ1v) is 7.02. The molecule has 0 aliphatic carbocycles. The van der Waals surface area contributed by atoms with Gasteiger partial charge in [0, 0.05) is 17.7 Å². The molecule has 104 valence electrons. The standard InChI is InChI=1S/C19H17NO/c1-3-12-20-13-17-14(2)15-8-4-6-10-18(15)21-19-11-7-5-9-16(17)19/h1,4-11,20H,12-13H2,2H3. The molecule has 2 nitrogen and oxygen atoms in total. The summed E-state index contributed by atoms with van der Waals surface area (Å²) in [4.78, 5) is 0. The smallest absolute Gasteiger partial charge is 0.135 e. The van der Waals surface area contributed by atoms with Crippen LogP contribution in [0.4, 0.5) is 0 Å². The van der Waals surface area contributed by atoms with E-state index in [4.69, 9.17) is 11.2 Å². The van der Waals surface area contributed by atoms with Crippen LogP contribution in [-0.2, 0) is 0 Å². The second-order valence-corrected chi connectivity index (χ2v) is 5.01. The van der Waals surface area contributed by atoms with Crippen LogP contribution < -0.4 is 10.1 Å². The number of benzene rings is 2. The predicted octanol–water partition coefficient (Wildman–Crippen LogP) is 3.95. The molecular weight excluding hydrogens is 258 g/mol. The average molecular weight is 275 g/mol. The van der Waals surface area contributed by atoms with Crippen molar-refractivity contribution in [3.8, 4) is 23.8 Å². The Bertz CT molecular complexity index is 737. The van der Waals surface area contributed by atoms with Gasteiger partial charge in [0.1, 0.15) is 11.5 Å². The van der Waals surface area contributed by atoms with E-state index in [2.05, 4.69) is 30.3 Å². The molecule has 0 saturated heterocycles. The van der Waals surface area contributed by atoms with E-state index in [0.717, 1.165) is 29.2 Å². The summed E-state index contributed by atoms with van der Waals surface area (Å²) in [6, 6.07) is 16.3. The molecule has 3 rings (SSSR count). The highest BCUT2D eigenvalue weighted by molar-refractivity contribution is 5.95. The quantitative estimate of drug-likeness (QED) is 0.676. The normalized spacial score (nSPS) is 12.8. The molecule has 0 unspecified atom stereocenters. The minimum absolute atomic E-state index is 0.557. The molecule has 0 amide bonds. The van der Waals surface area contributed by atoms with Crippen molar-refractivity contribution in [2.45, 2.75) is 6.92 Å². The topological polar surface area (TPSA) is 21.3 Å². The van der Waals surface area contributed by atoms with Gasteiger partial charge in [-0.2, -0.15) is 0 Å². The largest absolute Gasteiger partial charge is 0.456 e. The lowest BCUT2D eigenvalue weighted by molar-refractivity contribution is 0.481. The van der Waals surface area contributed by atoms with Crippen molar-refractivity contribution in [2.75, 3.05) is 13.1 Å². The van der Waals surface area contributed by atoms with Gasteiger partial charge in [-0.3, -0.25) is 0 Å². The summed E-state index contributed by atoms with van der Waals surface area (Å²) < 4.78 is 6.10. The van der Waals surface area contributed by atoms with E-state index in [0.29, 0.717) is 6.54 Å². The van der Waals surface area contributed by atoms with Crippen LogP contribution in [0.1, 0.15) is 18.1 Å². The number of nitrogens with one attached hydrogen (secondary N) is 1. The Morgan fingerprint density at radius 2 is 1.62 bits per heavy atom. The van der Waals surface area contributed by atoms with E-state index < -0.39 is 0 Å². The lowest BCUT2D eigenvalue weighted by Crippen LogP contribution is -2.17. The summed E-state index contributed by atoms with van der Waals surface area (Å²) in [6.45, 7) is 3.42. The van der Waals surface area contributed by atoms with Gasteiger partial charge < -0.3 is 10.1 Å². The summed E-state index contributed by atoms with van der Waals surface area (Å²) in [6.07, 6.45) is 5.33. The Hall–Kier alpha value is -2.50. The lowest BCUT2D eigenvalue weighted by Gasteiger charge is -2.12. The monoisotopic (exact) mass is 275 g/mol. The molecule has 0 bridgehead atoms. The molecular formula is C19H17NO. The Labute approximate surface area is 125 Å². The Kier molecular flexibility index (Phi) is 3.77. The van der Waals surface area contributed by atoms with Crippen LogP contribution in [0.15, 0.2) is 48.5 Å². The number of ether oxygens (including phenoxy) is 1. The van der Waals surface area contributed by atoms with Gasteiger partial charge in [-0.05, 0) is 30.2 Å². The van der Waals surface area contributed by atoms with Crippen molar-refractivity contribution in [2.24, 2.45) is 0 Å². The molecule has 0 radical (unpaired) electrons. The van der Waals surface area contributed by atoms with Crippen LogP contribution in [0.2, 0.25) is 0 Å². The molecule has 0 atom stereocenters. The zero-order valence-electron chi connectivity index (χ0n) is 12.0. The molecule has 0 aromatic heterocycles. The van der Waals surface area contributed by atoms with E-state index in [9.17, 15) is 0 Å². The Morgan fingerprint density at radius 3 is 2.33 bits per heavy atom. The van der Waals surface area contributed by atoms with Gasteiger partial charge in [-0.25, -0.2) is 0 Å². The Balaban J connectivity index is 2.14. The van der Waals surface area contributed by atoms with Gasteiger partial charge in [0.15, 0.2) is 0 Å². The van der Waals surface area contributed by atoms with E-state index in [-0.39, 0.29) is 0 Å². The summed E-state index contributed by atoms with van der Waals surface area (Å²) in [5, 5.41) is 3.29. The number of fused-ring (bicyclic) bond motifs is 2. The SMILES string of the molecule is C#CCNCC1=C(C)c2ccccc2Oc2ccccc21. The maximum Gasteiger partial charge on any atom is 0.135 e. The second-order valence-electron chi connectivity index (χ2n) is 5.01. The van der Waals surface area contributed by atoms with E-state index in [1.807, 2.05) is 36.4 Å². The molecule has 0 fully saturated rings. The van der Waals surface area contributed by atoms with Crippen molar-refractivity contribution in [3.63, 3.8) is 0 Å². The van der Waals surface area contributed by atoms with Crippen LogP contribution in [0.25, 0.3) is 11.1 Å². The van der Waals surface area contributed by atoms with E-state index >= 15 is 0 Å². The van der Waals surface area contributed by atoms with Crippen LogP contribution in [-0.4, -0.2) is 13.1 Å². The van der Waals surface area contributed by atoms with Crippen LogP contribution in [0, 0.1) is 12.3 Å². The summed E-state index contributed by atoms with van der Waals surface area (Å²) in [5.74, 6) is 4.40. The summed E-state index contributed by atoms with van der Waals surface area (Å²) in [5.41, 5.74) is 4.70. The third-order valence-corrected chi connectivity index (χ3v) is 3.70. The molecule has 0 spiro atoms. The molecule has 2 heteroatoms. The van der Waals surface area contributed by atoms with Crippen LogP contribution in [0.5, 0.6) is 11.5 Å². The molecule has 2 aromatic rings. The highest BCUT2D eigenvalue weighted by atomic mass is 16.5. The van der Waals surface area contributed by atoms with Gasteiger partial charge in [0.2, 0.25) is 0 Å². The van der Waals surface area contributed by atoms with Gasteiger partial charge in [-0.1, -0.05) is 42.3 Å². The molecule has 0 saturated carbocycles. The number of allylic oxidation sites excluding steroid dienone is 1. The van der Waals surface area contributed by atoms with Crippen molar-refractivity contribution in [1.82, 2.24) is 5.32 Å². The summed E-state index contributed by atoms with van der Waals surface area (Å²) >= 11 is 0. The minimum atomic E-state index is 0.557. The molecule has 1 heterocycles. The van der Waals surface area contributed by atoms with Crippen LogP contribution in [0.3, 0.4) is 0 Å². The molecule has 1 N–H and O–H groups in total. The first-order valence-electron chi connectivity index (χ1n) is 7.02. The van der Waals surface area contributed by atoms with E-state index in [1.54, 1.807) is 0 Å². The number of hydrogen-bond donors (Lipinski definition) is 1. The number of para-hydroxylation sites is 2. The van der Waals surface area contributed by atoms with Crippen molar-refractivity contribution < 1.29 is 4.74 Å². The fraction of sp³-hybridized carbons (Fsp3) is 0.158. The third kappa shape index (κ3) is 2.56. The summed E-state index contributed by atoms with van der Waals surface area (Å²) in [7, 11) is 0. The zero-order valence-corrected chi connectivity index (χ0v) is 12.0. The maximum absolute atomic E-state index is 6.10. The number of rotatable bonds is 3. The second kappa shape index (κ2) is 5.87. The molecule has 2 aromatic carbocycles. The lowest BCUT2D eigenvalue weighted by atomic mass is 9.95. The predicted molar refractivity (Wildman–Crippen MR) is 87.1 cm³/mol. The maximum atomic E-state index is 6.10. The zero-order chi connectivity index (χ0) is 14.7. The first-order chi connectivity index (χ1) is 10.3. The van der Waals surface area contributed by atoms with Crippen LogP contribution >= 0.6 is 0 Å². The highest BCUT2D eigenvalue weighted by Gasteiger charge is 2.19. The fourth-order valence-electron chi connectivity index (χ4n) is 2.64. The van der Waals surface area contributed by atoms with E-state index in [1.165, 1.54) is 11.1 Å². The van der Waals surface area contributed by atoms with Gasteiger partial charge >= 0.3 is 0 Å². The van der Waals surface area contributed by atoms with Gasteiger partial charge in [-0.15, -0.1) is 6.42 Å².